The molecule has 1 fully saturated rings. The quantitative estimate of drug-likeness (QED) is 0.889. The summed E-state index contributed by atoms with van der Waals surface area (Å²) in [5.74, 6) is -1.95. The summed E-state index contributed by atoms with van der Waals surface area (Å²) in [6.07, 6.45) is 4.50. The zero-order valence-electron chi connectivity index (χ0n) is 11.9. The maximum Gasteiger partial charge on any atom is 0.251 e. The molecule has 0 bridgehead atoms. The van der Waals surface area contributed by atoms with Gasteiger partial charge in [-0.3, -0.25) is 4.79 Å². The molecule has 1 aromatic rings. The van der Waals surface area contributed by atoms with Crippen molar-refractivity contribution in [3.05, 3.63) is 29.3 Å². The fraction of sp³-hybridized carbons (Fsp3) is 0.533. The summed E-state index contributed by atoms with van der Waals surface area (Å²) < 4.78 is 27.2. The molecule has 5 heteroatoms. The lowest BCUT2D eigenvalue weighted by molar-refractivity contribution is 0.0933. The van der Waals surface area contributed by atoms with Crippen LogP contribution in [0.4, 0.5) is 14.5 Å². The van der Waals surface area contributed by atoms with E-state index >= 15 is 0 Å². The molecule has 0 spiro atoms. The molecule has 1 saturated carbocycles. The smallest absolute Gasteiger partial charge is 0.251 e. The van der Waals surface area contributed by atoms with Gasteiger partial charge in [0.25, 0.3) is 5.91 Å². The minimum Gasteiger partial charge on any atom is -0.383 e. The SMILES string of the molecule is CNc1c(F)cc(C(=O)NCC2(C)CCCC2)cc1F. The lowest BCUT2D eigenvalue weighted by Gasteiger charge is -2.23. The minimum absolute atomic E-state index is 0.0144. The Labute approximate surface area is 117 Å². The van der Waals surface area contributed by atoms with Gasteiger partial charge < -0.3 is 10.6 Å². The average molecular weight is 282 g/mol. The van der Waals surface area contributed by atoms with Crippen LogP contribution in [0.1, 0.15) is 43.0 Å². The molecule has 1 aliphatic carbocycles. The van der Waals surface area contributed by atoms with Crippen LogP contribution < -0.4 is 10.6 Å². The Morgan fingerprint density at radius 3 is 2.30 bits per heavy atom. The number of anilines is 1. The molecule has 0 radical (unpaired) electrons. The van der Waals surface area contributed by atoms with E-state index in [1.165, 1.54) is 19.9 Å². The normalized spacial score (nSPS) is 17.0. The van der Waals surface area contributed by atoms with Gasteiger partial charge >= 0.3 is 0 Å². The Balaban J connectivity index is 2.06. The molecule has 110 valence electrons. The van der Waals surface area contributed by atoms with Gasteiger partial charge in [-0.25, -0.2) is 8.78 Å². The van der Waals surface area contributed by atoms with Gasteiger partial charge in [0, 0.05) is 19.2 Å². The van der Waals surface area contributed by atoms with Crippen LogP contribution in [0.5, 0.6) is 0 Å². The summed E-state index contributed by atoms with van der Waals surface area (Å²) in [5.41, 5.74) is -0.0950. The number of halogens is 2. The molecule has 0 heterocycles. The first-order chi connectivity index (χ1) is 9.45. The highest BCUT2D eigenvalue weighted by Crippen LogP contribution is 2.36. The first-order valence-electron chi connectivity index (χ1n) is 6.90. The third-order valence-corrected chi connectivity index (χ3v) is 4.04. The first-order valence-corrected chi connectivity index (χ1v) is 6.90. The molecule has 3 nitrogen and oxygen atoms in total. The van der Waals surface area contributed by atoms with Crippen LogP contribution in [-0.4, -0.2) is 19.5 Å². The minimum atomic E-state index is -0.760. The predicted octanol–water partition coefficient (Wildman–Crippen LogP) is 3.32. The van der Waals surface area contributed by atoms with E-state index in [0.717, 1.165) is 25.0 Å². The maximum absolute atomic E-state index is 13.6. The van der Waals surface area contributed by atoms with E-state index in [1.807, 2.05) is 0 Å². The Hall–Kier alpha value is -1.65. The number of carbonyl (C=O) groups is 1. The molecule has 0 unspecified atom stereocenters. The van der Waals surface area contributed by atoms with E-state index in [4.69, 9.17) is 0 Å². The molecule has 0 aliphatic heterocycles. The highest BCUT2D eigenvalue weighted by Gasteiger charge is 2.29. The van der Waals surface area contributed by atoms with Gasteiger partial charge in [0.1, 0.15) is 17.3 Å². The summed E-state index contributed by atoms with van der Waals surface area (Å²) in [4.78, 5) is 12.0. The molecule has 0 saturated heterocycles. The zero-order chi connectivity index (χ0) is 14.8. The molecule has 0 aromatic heterocycles. The van der Waals surface area contributed by atoms with Crippen LogP contribution in [-0.2, 0) is 0 Å². The van der Waals surface area contributed by atoms with Crippen LogP contribution in [0.25, 0.3) is 0 Å². The molecule has 2 N–H and O–H groups in total. The molecular formula is C15H20F2N2O. The highest BCUT2D eigenvalue weighted by atomic mass is 19.1. The van der Waals surface area contributed by atoms with Crippen molar-refractivity contribution < 1.29 is 13.6 Å². The van der Waals surface area contributed by atoms with E-state index in [0.29, 0.717) is 6.54 Å². The third kappa shape index (κ3) is 3.08. The van der Waals surface area contributed by atoms with E-state index in [9.17, 15) is 13.6 Å². The van der Waals surface area contributed by atoms with Gasteiger partial charge in [0.2, 0.25) is 0 Å². The number of rotatable bonds is 4. The summed E-state index contributed by atoms with van der Waals surface area (Å²) in [5, 5.41) is 5.21. The Kier molecular flexibility index (Phi) is 4.26. The summed E-state index contributed by atoms with van der Waals surface area (Å²) in [6.45, 7) is 2.67. The second-order valence-corrected chi connectivity index (χ2v) is 5.77. The monoisotopic (exact) mass is 282 g/mol. The number of amides is 1. The van der Waals surface area contributed by atoms with Crippen molar-refractivity contribution in [1.29, 1.82) is 0 Å². The van der Waals surface area contributed by atoms with E-state index in [1.54, 1.807) is 0 Å². The molecule has 1 aliphatic rings. The standard InChI is InChI=1S/C15H20F2N2O/c1-15(5-3-4-6-15)9-19-14(20)10-7-11(16)13(18-2)12(17)8-10/h7-8,18H,3-6,9H2,1-2H3,(H,19,20). The van der Waals surface area contributed by atoms with Gasteiger partial charge in [0.15, 0.2) is 0 Å². The number of hydrogen-bond acceptors (Lipinski definition) is 2. The average Bonchev–Trinajstić information content (AvgIpc) is 2.83. The van der Waals surface area contributed by atoms with Crippen LogP contribution >= 0.6 is 0 Å². The van der Waals surface area contributed by atoms with Crippen LogP contribution in [0.15, 0.2) is 12.1 Å². The summed E-state index contributed by atoms with van der Waals surface area (Å²) in [7, 11) is 1.43. The third-order valence-electron chi connectivity index (χ3n) is 4.04. The van der Waals surface area contributed by atoms with Crippen molar-refractivity contribution >= 4 is 11.6 Å². The van der Waals surface area contributed by atoms with Gasteiger partial charge in [-0.2, -0.15) is 0 Å². The Morgan fingerprint density at radius 1 is 1.25 bits per heavy atom. The van der Waals surface area contributed by atoms with E-state index in [2.05, 4.69) is 17.6 Å². The van der Waals surface area contributed by atoms with Crippen molar-refractivity contribution in [1.82, 2.24) is 5.32 Å². The van der Waals surface area contributed by atoms with Crippen LogP contribution in [0.3, 0.4) is 0 Å². The lowest BCUT2D eigenvalue weighted by atomic mass is 9.89. The van der Waals surface area contributed by atoms with Gasteiger partial charge in [-0.05, 0) is 30.4 Å². The number of benzene rings is 1. The molecule has 2 rings (SSSR count). The summed E-state index contributed by atoms with van der Waals surface area (Å²) in [6, 6.07) is 2.11. The number of nitrogens with one attached hydrogen (secondary N) is 2. The fourth-order valence-corrected chi connectivity index (χ4v) is 2.74. The Bertz CT molecular complexity index is 488. The van der Waals surface area contributed by atoms with Crippen molar-refractivity contribution in [2.24, 2.45) is 5.41 Å². The predicted molar refractivity (Wildman–Crippen MR) is 74.8 cm³/mol. The summed E-state index contributed by atoms with van der Waals surface area (Å²) >= 11 is 0. The largest absolute Gasteiger partial charge is 0.383 e. The second kappa shape index (κ2) is 5.77. The fourth-order valence-electron chi connectivity index (χ4n) is 2.74. The van der Waals surface area contributed by atoms with Crippen molar-refractivity contribution in [3.63, 3.8) is 0 Å². The van der Waals surface area contributed by atoms with Gasteiger partial charge in [-0.1, -0.05) is 19.8 Å². The highest BCUT2D eigenvalue weighted by molar-refractivity contribution is 5.94. The molecule has 20 heavy (non-hydrogen) atoms. The first kappa shape index (κ1) is 14.8. The maximum atomic E-state index is 13.6. The number of hydrogen-bond donors (Lipinski definition) is 2. The second-order valence-electron chi connectivity index (χ2n) is 5.77. The Morgan fingerprint density at radius 2 is 1.80 bits per heavy atom. The van der Waals surface area contributed by atoms with Crippen LogP contribution in [0.2, 0.25) is 0 Å². The number of carbonyl (C=O) groups excluding carboxylic acids is 1. The van der Waals surface area contributed by atoms with Crippen LogP contribution in [0, 0.1) is 17.0 Å². The molecular weight excluding hydrogens is 262 g/mol. The van der Waals surface area contributed by atoms with Crippen molar-refractivity contribution in [2.75, 3.05) is 18.9 Å². The van der Waals surface area contributed by atoms with Gasteiger partial charge in [-0.15, -0.1) is 0 Å². The van der Waals surface area contributed by atoms with Crippen molar-refractivity contribution in [2.45, 2.75) is 32.6 Å². The molecule has 1 aromatic carbocycles. The van der Waals surface area contributed by atoms with Crippen molar-refractivity contribution in [3.8, 4) is 0 Å². The van der Waals surface area contributed by atoms with E-state index < -0.39 is 17.5 Å². The molecule has 1 amide bonds. The molecule has 0 atom stereocenters. The zero-order valence-corrected chi connectivity index (χ0v) is 11.9. The lowest BCUT2D eigenvalue weighted by Crippen LogP contribution is -2.34. The van der Waals surface area contributed by atoms with E-state index in [-0.39, 0.29) is 16.7 Å². The van der Waals surface area contributed by atoms with Gasteiger partial charge in [0.05, 0.1) is 0 Å². The topological polar surface area (TPSA) is 41.1 Å².